The molecule has 0 amide bonds. The van der Waals surface area contributed by atoms with Gasteiger partial charge in [-0.25, -0.2) is 0 Å². The van der Waals surface area contributed by atoms with Gasteiger partial charge in [0.2, 0.25) is 0 Å². The van der Waals surface area contributed by atoms with Crippen molar-refractivity contribution >= 4 is 5.78 Å². The Morgan fingerprint density at radius 3 is 2.15 bits per heavy atom. The van der Waals surface area contributed by atoms with E-state index in [1.54, 1.807) is 21.3 Å². The fraction of sp³-hybridized carbons (Fsp3) is 0.970. The van der Waals surface area contributed by atoms with E-state index in [2.05, 4.69) is 20.8 Å². The average molecular weight is 567 g/mol. The number of rotatable bonds is 14. The third-order valence-electron chi connectivity index (χ3n) is 12.1. The van der Waals surface area contributed by atoms with Crippen LogP contribution in [0.5, 0.6) is 0 Å². The fourth-order valence-electron chi connectivity index (χ4n) is 10.0. The summed E-state index contributed by atoms with van der Waals surface area (Å²) in [6, 6.07) is 0. The highest BCUT2D eigenvalue weighted by Gasteiger charge is 2.66. The van der Waals surface area contributed by atoms with Crippen molar-refractivity contribution < 1.29 is 33.2 Å². The molecule has 0 aromatic carbocycles. The molecule has 0 heterocycles. The van der Waals surface area contributed by atoms with Crippen LogP contribution in [0.15, 0.2) is 0 Å². The molecule has 0 aromatic heterocycles. The molecule has 40 heavy (non-hydrogen) atoms. The van der Waals surface area contributed by atoms with E-state index in [1.807, 2.05) is 13.8 Å². The number of methoxy groups -OCH3 is 3. The summed E-state index contributed by atoms with van der Waals surface area (Å²) in [5.74, 6) is 3.71. The van der Waals surface area contributed by atoms with E-state index in [9.17, 15) is 4.79 Å². The number of carbonyl (C=O) groups is 1. The lowest BCUT2D eigenvalue weighted by molar-refractivity contribution is -0.244. The number of Topliss-reactive ketones (excluding diaryl/α,β-unsaturated/α-hetero) is 1. The van der Waals surface area contributed by atoms with E-state index in [0.717, 1.165) is 38.5 Å². The summed E-state index contributed by atoms with van der Waals surface area (Å²) in [5.41, 5.74) is 0.228. The highest BCUT2D eigenvalue weighted by Crippen LogP contribution is 2.69. The quantitative estimate of drug-likeness (QED) is 0.223. The van der Waals surface area contributed by atoms with Crippen LogP contribution in [-0.2, 0) is 33.2 Å². The highest BCUT2D eigenvalue weighted by atomic mass is 16.7. The SMILES string of the molecule is COCO[C@@H]1CCC2(C)C3C[C@H](OCOC)C4(C)C(CCC4[C@H](C)CCC(=O)C(C)C)C3C[C@H](OCOC)[C@@H]2C1. The van der Waals surface area contributed by atoms with E-state index >= 15 is 0 Å². The number of hydrogen-bond donors (Lipinski definition) is 0. The second-order valence-corrected chi connectivity index (χ2v) is 14.3. The molecule has 4 fully saturated rings. The lowest BCUT2D eigenvalue weighted by atomic mass is 9.43. The molecule has 4 saturated carbocycles. The molecule has 4 rings (SSSR count). The van der Waals surface area contributed by atoms with Crippen molar-refractivity contribution in [3.05, 3.63) is 0 Å². The summed E-state index contributed by atoms with van der Waals surface area (Å²) in [4.78, 5) is 12.5. The van der Waals surface area contributed by atoms with Gasteiger partial charge in [-0.05, 0) is 92.3 Å². The van der Waals surface area contributed by atoms with Crippen LogP contribution in [0, 0.1) is 52.3 Å². The Morgan fingerprint density at radius 2 is 1.48 bits per heavy atom. The minimum Gasteiger partial charge on any atom is -0.359 e. The molecule has 11 atom stereocenters. The molecule has 0 aromatic rings. The largest absolute Gasteiger partial charge is 0.359 e. The zero-order chi connectivity index (χ0) is 29.1. The van der Waals surface area contributed by atoms with E-state index in [1.165, 1.54) is 12.8 Å². The molecular formula is C33H58O7. The number of ketones is 1. The molecular weight excluding hydrogens is 508 g/mol. The van der Waals surface area contributed by atoms with Gasteiger partial charge in [0.1, 0.15) is 26.2 Å². The molecule has 232 valence electrons. The second kappa shape index (κ2) is 13.8. The summed E-state index contributed by atoms with van der Waals surface area (Å²) < 4.78 is 35.4. The first-order chi connectivity index (χ1) is 19.1. The van der Waals surface area contributed by atoms with Crippen LogP contribution in [0.1, 0.15) is 92.4 Å². The Kier molecular flexibility index (Phi) is 11.2. The van der Waals surface area contributed by atoms with Gasteiger partial charge >= 0.3 is 0 Å². The summed E-state index contributed by atoms with van der Waals surface area (Å²) in [6.07, 6.45) is 9.99. The highest BCUT2D eigenvalue weighted by molar-refractivity contribution is 5.80. The summed E-state index contributed by atoms with van der Waals surface area (Å²) in [6.45, 7) is 12.5. The number of fused-ring (bicyclic) bond motifs is 5. The van der Waals surface area contributed by atoms with Gasteiger partial charge in [-0.2, -0.15) is 0 Å². The van der Waals surface area contributed by atoms with E-state index < -0.39 is 0 Å². The zero-order valence-electron chi connectivity index (χ0n) is 26.6. The van der Waals surface area contributed by atoms with E-state index in [0.29, 0.717) is 68.1 Å². The monoisotopic (exact) mass is 566 g/mol. The zero-order valence-corrected chi connectivity index (χ0v) is 26.6. The molecule has 0 radical (unpaired) electrons. The van der Waals surface area contributed by atoms with Crippen molar-refractivity contribution in [1.82, 2.24) is 0 Å². The lowest BCUT2D eigenvalue weighted by Gasteiger charge is -2.64. The van der Waals surface area contributed by atoms with Gasteiger partial charge in [-0.15, -0.1) is 0 Å². The van der Waals surface area contributed by atoms with Crippen LogP contribution in [0.2, 0.25) is 0 Å². The predicted molar refractivity (Wildman–Crippen MR) is 154 cm³/mol. The third kappa shape index (κ3) is 6.21. The first-order valence-electron chi connectivity index (χ1n) is 16.0. The van der Waals surface area contributed by atoms with E-state index in [-0.39, 0.29) is 35.1 Å². The first kappa shape index (κ1) is 32.3. The molecule has 7 heteroatoms. The van der Waals surface area contributed by atoms with Crippen LogP contribution in [0.25, 0.3) is 0 Å². The van der Waals surface area contributed by atoms with Crippen molar-refractivity contribution in [3.8, 4) is 0 Å². The maximum atomic E-state index is 12.5. The molecule has 4 aliphatic carbocycles. The van der Waals surface area contributed by atoms with Crippen LogP contribution < -0.4 is 0 Å². The van der Waals surface area contributed by atoms with E-state index in [4.69, 9.17) is 28.4 Å². The molecule has 0 spiro atoms. The number of carbonyl (C=O) groups excluding carboxylic acids is 1. The Labute approximate surface area is 243 Å². The minimum absolute atomic E-state index is 0.0633. The fourth-order valence-corrected chi connectivity index (χ4v) is 10.0. The van der Waals surface area contributed by atoms with Gasteiger partial charge in [0.05, 0.1) is 18.3 Å². The molecule has 4 aliphatic rings. The van der Waals surface area contributed by atoms with Gasteiger partial charge in [0.15, 0.2) is 0 Å². The normalized spacial score (nSPS) is 41.8. The first-order valence-corrected chi connectivity index (χ1v) is 16.0. The molecule has 7 nitrogen and oxygen atoms in total. The van der Waals surface area contributed by atoms with Crippen LogP contribution >= 0.6 is 0 Å². The average Bonchev–Trinajstić information content (AvgIpc) is 3.30. The maximum absolute atomic E-state index is 12.5. The van der Waals surface area contributed by atoms with Gasteiger partial charge in [-0.1, -0.05) is 34.6 Å². The van der Waals surface area contributed by atoms with Gasteiger partial charge in [0, 0.05) is 39.1 Å². The Bertz CT molecular complexity index is 819. The van der Waals surface area contributed by atoms with Crippen molar-refractivity contribution in [2.24, 2.45) is 52.3 Å². The molecule has 0 bridgehead atoms. The Morgan fingerprint density at radius 1 is 0.800 bits per heavy atom. The standard InChI is InChI=1S/C33H58O7/c1-21(2)29(34)12-9-22(3)25-10-11-26-24-16-30(39-19-36-7)28-15-23(38-18-35-6)13-14-32(28,4)27(24)17-31(33(25,26)5)40-20-37-8/h21-28,30-31H,9-20H2,1-8H3/t22-,23-,24?,25?,26?,27?,28+,30+,31+,32?,33?/m1/s1. The van der Waals surface area contributed by atoms with Gasteiger partial charge in [0.25, 0.3) is 0 Å². The van der Waals surface area contributed by atoms with Crippen molar-refractivity contribution in [1.29, 1.82) is 0 Å². The Balaban J connectivity index is 1.62. The number of hydrogen-bond acceptors (Lipinski definition) is 7. The van der Waals surface area contributed by atoms with Crippen LogP contribution in [0.3, 0.4) is 0 Å². The second-order valence-electron chi connectivity index (χ2n) is 14.3. The predicted octanol–water partition coefficient (Wildman–Crippen LogP) is 6.47. The van der Waals surface area contributed by atoms with Crippen molar-refractivity contribution in [2.75, 3.05) is 41.7 Å². The minimum atomic E-state index is 0.0633. The summed E-state index contributed by atoms with van der Waals surface area (Å²) in [5, 5.41) is 0. The summed E-state index contributed by atoms with van der Waals surface area (Å²) >= 11 is 0. The Hall–Kier alpha value is -0.570. The number of ether oxygens (including phenoxy) is 6. The van der Waals surface area contributed by atoms with Crippen LogP contribution in [-0.4, -0.2) is 65.8 Å². The third-order valence-corrected chi connectivity index (χ3v) is 12.1. The topological polar surface area (TPSA) is 72.5 Å². The van der Waals surface area contributed by atoms with Crippen molar-refractivity contribution in [3.63, 3.8) is 0 Å². The molecule has 0 N–H and O–H groups in total. The lowest BCUT2D eigenvalue weighted by Crippen LogP contribution is -2.62. The van der Waals surface area contributed by atoms with Crippen molar-refractivity contribution in [2.45, 2.75) is 111 Å². The smallest absolute Gasteiger partial charge is 0.146 e. The van der Waals surface area contributed by atoms with Crippen LogP contribution in [0.4, 0.5) is 0 Å². The summed E-state index contributed by atoms with van der Waals surface area (Å²) in [7, 11) is 5.15. The molecule has 0 aliphatic heterocycles. The molecule has 6 unspecified atom stereocenters. The maximum Gasteiger partial charge on any atom is 0.146 e. The van der Waals surface area contributed by atoms with Gasteiger partial charge in [-0.3, -0.25) is 4.79 Å². The molecule has 0 saturated heterocycles. The van der Waals surface area contributed by atoms with Gasteiger partial charge < -0.3 is 28.4 Å².